The molecule has 0 saturated heterocycles. The minimum atomic E-state index is -1.00. The highest BCUT2D eigenvalue weighted by atomic mass is 19.1. The van der Waals surface area contributed by atoms with Gasteiger partial charge in [-0.25, -0.2) is 9.18 Å². The summed E-state index contributed by atoms with van der Waals surface area (Å²) in [5.41, 5.74) is 2.51. The van der Waals surface area contributed by atoms with Gasteiger partial charge in [-0.3, -0.25) is 0 Å². The quantitative estimate of drug-likeness (QED) is 0.850. The van der Waals surface area contributed by atoms with E-state index in [9.17, 15) is 9.18 Å². The first-order chi connectivity index (χ1) is 10.0. The largest absolute Gasteiger partial charge is 0.486 e. The van der Waals surface area contributed by atoms with Gasteiger partial charge in [-0.15, -0.1) is 0 Å². The minimum Gasteiger partial charge on any atom is -0.486 e. The molecule has 0 amide bonds. The molecule has 0 unspecified atom stereocenters. The number of rotatable bonds is 5. The minimum absolute atomic E-state index is 0.210. The van der Waals surface area contributed by atoms with Crippen LogP contribution in [-0.2, 0) is 11.4 Å². The molecular weight excluding hydrogens is 271 g/mol. The van der Waals surface area contributed by atoms with Gasteiger partial charge in [0.2, 0.25) is 0 Å². The van der Waals surface area contributed by atoms with Gasteiger partial charge >= 0.3 is 5.97 Å². The van der Waals surface area contributed by atoms with E-state index in [0.717, 1.165) is 22.8 Å². The van der Waals surface area contributed by atoms with Crippen molar-refractivity contribution in [3.8, 4) is 5.75 Å². The Morgan fingerprint density at radius 1 is 1.29 bits per heavy atom. The molecule has 0 radical (unpaired) electrons. The fourth-order valence-electron chi connectivity index (χ4n) is 1.84. The Morgan fingerprint density at radius 3 is 2.86 bits per heavy atom. The summed E-state index contributed by atoms with van der Waals surface area (Å²) >= 11 is 0. The van der Waals surface area contributed by atoms with Gasteiger partial charge in [-0.05, 0) is 47.9 Å². The van der Waals surface area contributed by atoms with Crippen molar-refractivity contribution in [1.29, 1.82) is 0 Å². The molecule has 21 heavy (non-hydrogen) atoms. The lowest BCUT2D eigenvalue weighted by Gasteiger charge is -2.08. The van der Waals surface area contributed by atoms with Crippen molar-refractivity contribution in [3.63, 3.8) is 0 Å². The lowest BCUT2D eigenvalue weighted by Crippen LogP contribution is -1.98. The third-order valence-corrected chi connectivity index (χ3v) is 2.85. The molecule has 0 aliphatic heterocycles. The first-order valence-corrected chi connectivity index (χ1v) is 6.43. The van der Waals surface area contributed by atoms with Crippen LogP contribution in [0.5, 0.6) is 5.75 Å². The van der Waals surface area contributed by atoms with Crippen molar-refractivity contribution in [3.05, 3.63) is 71.0 Å². The first kappa shape index (κ1) is 14.8. The van der Waals surface area contributed by atoms with Crippen molar-refractivity contribution in [1.82, 2.24) is 0 Å². The van der Waals surface area contributed by atoms with Crippen LogP contribution in [0.3, 0.4) is 0 Å². The third-order valence-electron chi connectivity index (χ3n) is 2.85. The van der Waals surface area contributed by atoms with Gasteiger partial charge < -0.3 is 9.84 Å². The van der Waals surface area contributed by atoms with E-state index in [4.69, 9.17) is 9.84 Å². The predicted molar refractivity (Wildman–Crippen MR) is 78.6 cm³/mol. The van der Waals surface area contributed by atoms with Crippen molar-refractivity contribution in [2.24, 2.45) is 0 Å². The summed E-state index contributed by atoms with van der Waals surface area (Å²) in [7, 11) is 0. The molecule has 0 saturated carbocycles. The molecule has 0 fully saturated rings. The summed E-state index contributed by atoms with van der Waals surface area (Å²) in [4.78, 5) is 10.5. The molecular formula is C17H15FO3. The predicted octanol–water partition coefficient (Wildman–Crippen LogP) is 3.81. The summed E-state index contributed by atoms with van der Waals surface area (Å²) in [6, 6.07) is 11.9. The lowest BCUT2D eigenvalue weighted by molar-refractivity contribution is -0.131. The molecule has 108 valence electrons. The lowest BCUT2D eigenvalue weighted by atomic mass is 10.1. The number of hydrogen-bond donors (Lipinski definition) is 1. The second kappa shape index (κ2) is 6.70. The molecule has 4 heteroatoms. The first-order valence-electron chi connectivity index (χ1n) is 6.43. The van der Waals surface area contributed by atoms with Crippen LogP contribution in [0.2, 0.25) is 0 Å². The molecule has 0 bridgehead atoms. The topological polar surface area (TPSA) is 46.5 Å². The van der Waals surface area contributed by atoms with Gasteiger partial charge in [0.25, 0.3) is 0 Å². The Hall–Kier alpha value is -2.62. The van der Waals surface area contributed by atoms with Crippen LogP contribution in [0.15, 0.2) is 48.5 Å². The molecule has 0 spiro atoms. The van der Waals surface area contributed by atoms with Crippen molar-refractivity contribution in [2.75, 3.05) is 0 Å². The smallest absolute Gasteiger partial charge is 0.328 e. The van der Waals surface area contributed by atoms with Crippen LogP contribution >= 0.6 is 0 Å². The molecule has 2 rings (SSSR count). The number of carboxylic acids is 1. The van der Waals surface area contributed by atoms with Crippen LogP contribution in [0.1, 0.15) is 16.7 Å². The fourth-order valence-corrected chi connectivity index (χ4v) is 1.84. The zero-order valence-electron chi connectivity index (χ0n) is 11.5. The van der Waals surface area contributed by atoms with Crippen molar-refractivity contribution in [2.45, 2.75) is 13.5 Å². The summed E-state index contributed by atoms with van der Waals surface area (Å²) in [6.07, 6.45) is 2.57. The standard InChI is InChI=1S/C17H15FO3/c1-12-5-7-15(18)16(9-12)21-11-14-4-2-3-13(10-14)6-8-17(19)20/h2-10H,11H2,1H3,(H,19,20). The zero-order valence-corrected chi connectivity index (χ0v) is 11.5. The van der Waals surface area contributed by atoms with E-state index >= 15 is 0 Å². The molecule has 0 aromatic heterocycles. The van der Waals surface area contributed by atoms with E-state index in [1.807, 2.05) is 13.0 Å². The van der Waals surface area contributed by atoms with E-state index in [1.54, 1.807) is 30.3 Å². The van der Waals surface area contributed by atoms with Crippen LogP contribution < -0.4 is 4.74 Å². The third kappa shape index (κ3) is 4.45. The van der Waals surface area contributed by atoms with Crippen LogP contribution in [0.25, 0.3) is 6.08 Å². The molecule has 2 aromatic rings. The van der Waals surface area contributed by atoms with Gasteiger partial charge in [-0.2, -0.15) is 0 Å². The molecule has 1 N–H and O–H groups in total. The van der Waals surface area contributed by atoms with Crippen LogP contribution in [-0.4, -0.2) is 11.1 Å². The maximum atomic E-state index is 13.6. The molecule has 2 aromatic carbocycles. The summed E-state index contributed by atoms with van der Waals surface area (Å²) < 4.78 is 19.0. The second-order valence-electron chi connectivity index (χ2n) is 4.64. The van der Waals surface area contributed by atoms with E-state index in [-0.39, 0.29) is 12.4 Å². The summed E-state index contributed by atoms with van der Waals surface area (Å²) in [5, 5.41) is 8.60. The van der Waals surface area contributed by atoms with Crippen LogP contribution in [0.4, 0.5) is 4.39 Å². The number of aliphatic carboxylic acids is 1. The van der Waals surface area contributed by atoms with E-state index in [0.29, 0.717) is 0 Å². The van der Waals surface area contributed by atoms with E-state index < -0.39 is 11.8 Å². The van der Waals surface area contributed by atoms with Gasteiger partial charge in [-0.1, -0.05) is 24.3 Å². The maximum Gasteiger partial charge on any atom is 0.328 e. The molecule has 0 heterocycles. The monoisotopic (exact) mass is 286 g/mol. The Kier molecular flexibility index (Phi) is 4.72. The fraction of sp³-hybridized carbons (Fsp3) is 0.118. The zero-order chi connectivity index (χ0) is 15.2. The number of hydrogen-bond acceptors (Lipinski definition) is 2. The Bertz CT molecular complexity index is 677. The number of benzene rings is 2. The van der Waals surface area contributed by atoms with E-state index in [2.05, 4.69) is 0 Å². The molecule has 0 aliphatic carbocycles. The maximum absolute atomic E-state index is 13.6. The van der Waals surface area contributed by atoms with Crippen molar-refractivity contribution >= 4 is 12.0 Å². The Balaban J connectivity index is 2.08. The summed E-state index contributed by atoms with van der Waals surface area (Å²) in [5.74, 6) is -1.19. The Labute approximate surface area is 122 Å². The van der Waals surface area contributed by atoms with Gasteiger partial charge in [0.05, 0.1) is 0 Å². The second-order valence-corrected chi connectivity index (χ2v) is 4.64. The van der Waals surface area contributed by atoms with E-state index in [1.165, 1.54) is 12.1 Å². The number of halogens is 1. The average molecular weight is 286 g/mol. The highest BCUT2D eigenvalue weighted by molar-refractivity contribution is 5.85. The SMILES string of the molecule is Cc1ccc(F)c(OCc2cccc(C=CC(=O)O)c2)c1. The van der Waals surface area contributed by atoms with Gasteiger partial charge in [0.15, 0.2) is 11.6 Å². The number of aryl methyl sites for hydroxylation is 1. The number of carbonyl (C=O) groups is 1. The number of ether oxygens (including phenoxy) is 1. The molecule has 0 aliphatic rings. The number of carboxylic acid groups (broad SMARTS) is 1. The Morgan fingerprint density at radius 2 is 2.10 bits per heavy atom. The van der Waals surface area contributed by atoms with Crippen LogP contribution in [0, 0.1) is 12.7 Å². The normalized spacial score (nSPS) is 10.8. The average Bonchev–Trinajstić information content (AvgIpc) is 2.46. The highest BCUT2D eigenvalue weighted by Crippen LogP contribution is 2.20. The van der Waals surface area contributed by atoms with Gasteiger partial charge in [0.1, 0.15) is 6.61 Å². The summed E-state index contributed by atoms with van der Waals surface area (Å²) in [6.45, 7) is 2.08. The van der Waals surface area contributed by atoms with Crippen molar-refractivity contribution < 1.29 is 19.0 Å². The molecule has 3 nitrogen and oxygen atoms in total. The van der Waals surface area contributed by atoms with Gasteiger partial charge in [0, 0.05) is 6.08 Å². The highest BCUT2D eigenvalue weighted by Gasteiger charge is 2.04. The molecule has 0 atom stereocenters.